The van der Waals surface area contributed by atoms with Crippen molar-refractivity contribution in [2.24, 2.45) is 5.41 Å². The van der Waals surface area contributed by atoms with Gasteiger partial charge >= 0.3 is 0 Å². The maximum Gasteiger partial charge on any atom is 0.219 e. The third kappa shape index (κ3) is 4.65. The summed E-state index contributed by atoms with van der Waals surface area (Å²) >= 11 is 0. The molecule has 0 saturated carbocycles. The first-order valence-corrected chi connectivity index (χ1v) is 5.87. The van der Waals surface area contributed by atoms with E-state index in [-0.39, 0.29) is 5.91 Å². The van der Waals surface area contributed by atoms with Gasteiger partial charge in [-0.3, -0.25) is 4.79 Å². The number of carbonyl (C=O) groups excluding carboxylic acids is 1. The van der Waals surface area contributed by atoms with Crippen LogP contribution in [0.15, 0.2) is 0 Å². The van der Waals surface area contributed by atoms with Crippen molar-refractivity contribution in [1.82, 2.24) is 10.2 Å². The van der Waals surface area contributed by atoms with Gasteiger partial charge < -0.3 is 10.2 Å². The van der Waals surface area contributed by atoms with Crippen LogP contribution >= 0.6 is 0 Å². The molecule has 1 heterocycles. The lowest BCUT2D eigenvalue weighted by atomic mass is 9.95. The molecule has 0 aromatic carbocycles. The number of hydrogen-bond acceptors (Lipinski definition) is 2. The summed E-state index contributed by atoms with van der Waals surface area (Å²) in [6.45, 7) is 11.3. The molecular weight excluding hydrogens is 188 g/mol. The standard InChI is InChI=1S/C12H24N2O/c1-10(15)14-7-5-11(6-8-14)13-9-12(2,3)4/h11,13H,5-9H2,1-4H3. The molecule has 0 radical (unpaired) electrons. The predicted molar refractivity (Wildman–Crippen MR) is 62.7 cm³/mol. The lowest BCUT2D eigenvalue weighted by molar-refractivity contribution is -0.129. The van der Waals surface area contributed by atoms with E-state index in [2.05, 4.69) is 26.1 Å². The minimum absolute atomic E-state index is 0.212. The molecule has 0 aliphatic carbocycles. The van der Waals surface area contributed by atoms with Crippen molar-refractivity contribution in [3.8, 4) is 0 Å². The zero-order chi connectivity index (χ0) is 11.5. The average molecular weight is 212 g/mol. The first-order valence-electron chi connectivity index (χ1n) is 5.87. The Bertz CT molecular complexity index is 212. The Balaban J connectivity index is 2.23. The highest BCUT2D eigenvalue weighted by Crippen LogP contribution is 2.14. The lowest BCUT2D eigenvalue weighted by Crippen LogP contribution is -2.45. The molecule has 0 spiro atoms. The molecule has 1 saturated heterocycles. The summed E-state index contributed by atoms with van der Waals surface area (Å²) in [5, 5.41) is 3.58. The van der Waals surface area contributed by atoms with Crippen molar-refractivity contribution in [1.29, 1.82) is 0 Å². The van der Waals surface area contributed by atoms with Crippen molar-refractivity contribution in [2.75, 3.05) is 19.6 Å². The van der Waals surface area contributed by atoms with Gasteiger partial charge in [-0.05, 0) is 18.3 Å². The van der Waals surface area contributed by atoms with Crippen LogP contribution in [0.4, 0.5) is 0 Å². The van der Waals surface area contributed by atoms with E-state index in [1.54, 1.807) is 6.92 Å². The van der Waals surface area contributed by atoms with Crippen LogP contribution in [0, 0.1) is 5.41 Å². The van der Waals surface area contributed by atoms with Gasteiger partial charge in [-0.15, -0.1) is 0 Å². The Morgan fingerprint density at radius 1 is 1.33 bits per heavy atom. The van der Waals surface area contributed by atoms with Gasteiger partial charge in [-0.1, -0.05) is 20.8 Å². The van der Waals surface area contributed by atoms with Crippen LogP contribution in [0.3, 0.4) is 0 Å². The predicted octanol–water partition coefficient (Wildman–Crippen LogP) is 1.63. The van der Waals surface area contributed by atoms with Gasteiger partial charge in [-0.2, -0.15) is 0 Å². The number of amides is 1. The number of hydrogen-bond donors (Lipinski definition) is 1. The van der Waals surface area contributed by atoms with Gasteiger partial charge in [0.1, 0.15) is 0 Å². The van der Waals surface area contributed by atoms with Crippen LogP contribution in [0.25, 0.3) is 0 Å². The number of carbonyl (C=O) groups is 1. The SMILES string of the molecule is CC(=O)N1CCC(NCC(C)(C)C)CC1. The van der Waals surface area contributed by atoms with Crippen molar-refractivity contribution >= 4 is 5.91 Å². The molecule has 1 aliphatic rings. The first-order chi connectivity index (χ1) is 6.88. The summed E-state index contributed by atoms with van der Waals surface area (Å²) in [6.07, 6.45) is 2.19. The third-order valence-electron chi connectivity index (χ3n) is 2.86. The van der Waals surface area contributed by atoms with E-state index in [1.807, 2.05) is 4.90 Å². The number of nitrogens with one attached hydrogen (secondary N) is 1. The normalized spacial score (nSPS) is 19.3. The maximum atomic E-state index is 11.1. The second-order valence-electron chi connectivity index (χ2n) is 5.72. The van der Waals surface area contributed by atoms with Crippen LogP contribution < -0.4 is 5.32 Å². The first kappa shape index (κ1) is 12.5. The van der Waals surface area contributed by atoms with Crippen molar-refractivity contribution < 1.29 is 4.79 Å². The van der Waals surface area contributed by atoms with Crippen LogP contribution in [0.2, 0.25) is 0 Å². The summed E-state index contributed by atoms with van der Waals surface area (Å²) in [5.41, 5.74) is 0.345. The van der Waals surface area contributed by atoms with E-state index in [9.17, 15) is 4.79 Å². The summed E-state index contributed by atoms with van der Waals surface area (Å²) in [6, 6.07) is 0.597. The second kappa shape index (κ2) is 4.97. The van der Waals surface area contributed by atoms with Gasteiger partial charge in [0.2, 0.25) is 5.91 Å². The van der Waals surface area contributed by atoms with Crippen LogP contribution in [-0.2, 0) is 4.79 Å². The minimum Gasteiger partial charge on any atom is -0.343 e. The topological polar surface area (TPSA) is 32.3 Å². The molecule has 1 fully saturated rings. The fourth-order valence-corrected chi connectivity index (χ4v) is 1.85. The van der Waals surface area contributed by atoms with Crippen molar-refractivity contribution in [2.45, 2.75) is 46.6 Å². The zero-order valence-corrected chi connectivity index (χ0v) is 10.5. The molecule has 88 valence electrons. The van der Waals surface area contributed by atoms with Crippen molar-refractivity contribution in [3.05, 3.63) is 0 Å². The fourth-order valence-electron chi connectivity index (χ4n) is 1.85. The molecule has 1 aliphatic heterocycles. The largest absolute Gasteiger partial charge is 0.343 e. The molecule has 0 unspecified atom stereocenters. The van der Waals surface area contributed by atoms with Gasteiger partial charge in [-0.25, -0.2) is 0 Å². The Labute approximate surface area is 93.2 Å². The molecule has 3 heteroatoms. The van der Waals surface area contributed by atoms with Gasteiger partial charge in [0.05, 0.1) is 0 Å². The fraction of sp³-hybridized carbons (Fsp3) is 0.917. The minimum atomic E-state index is 0.212. The monoisotopic (exact) mass is 212 g/mol. The molecule has 0 aromatic rings. The molecule has 1 N–H and O–H groups in total. The van der Waals surface area contributed by atoms with E-state index < -0.39 is 0 Å². The summed E-state index contributed by atoms with van der Waals surface area (Å²) in [5.74, 6) is 0.212. The quantitative estimate of drug-likeness (QED) is 0.754. The Morgan fingerprint density at radius 3 is 2.27 bits per heavy atom. The molecule has 1 amide bonds. The Hall–Kier alpha value is -0.570. The molecular formula is C12H24N2O. The molecule has 1 rings (SSSR count). The average Bonchev–Trinajstić information content (AvgIpc) is 2.14. The summed E-state index contributed by atoms with van der Waals surface area (Å²) < 4.78 is 0. The van der Waals surface area contributed by atoms with Crippen LogP contribution in [0.5, 0.6) is 0 Å². The van der Waals surface area contributed by atoms with Gasteiger partial charge in [0.25, 0.3) is 0 Å². The number of nitrogens with zero attached hydrogens (tertiary/aromatic N) is 1. The maximum absolute atomic E-state index is 11.1. The molecule has 3 nitrogen and oxygen atoms in total. The molecule has 0 aromatic heterocycles. The van der Waals surface area contributed by atoms with Gasteiger partial charge in [0, 0.05) is 32.6 Å². The smallest absolute Gasteiger partial charge is 0.219 e. The van der Waals surface area contributed by atoms with E-state index in [1.165, 1.54) is 0 Å². The molecule has 0 bridgehead atoms. The van der Waals surface area contributed by atoms with E-state index in [4.69, 9.17) is 0 Å². The number of rotatable bonds is 2. The number of likely N-dealkylation sites (tertiary alicyclic amines) is 1. The van der Waals surface area contributed by atoms with Gasteiger partial charge in [0.15, 0.2) is 0 Å². The summed E-state index contributed by atoms with van der Waals surface area (Å²) in [4.78, 5) is 13.1. The van der Waals surface area contributed by atoms with E-state index in [0.29, 0.717) is 11.5 Å². The Morgan fingerprint density at radius 2 is 1.87 bits per heavy atom. The zero-order valence-electron chi connectivity index (χ0n) is 10.5. The highest BCUT2D eigenvalue weighted by Gasteiger charge is 2.21. The van der Waals surface area contributed by atoms with Crippen LogP contribution in [0.1, 0.15) is 40.5 Å². The summed E-state index contributed by atoms with van der Waals surface area (Å²) in [7, 11) is 0. The molecule has 0 atom stereocenters. The Kier molecular flexibility index (Phi) is 4.14. The number of piperidine rings is 1. The van der Waals surface area contributed by atoms with Crippen LogP contribution in [-0.4, -0.2) is 36.5 Å². The third-order valence-corrected chi connectivity index (χ3v) is 2.86. The van der Waals surface area contributed by atoms with Crippen molar-refractivity contribution in [3.63, 3.8) is 0 Å². The highest BCUT2D eigenvalue weighted by molar-refractivity contribution is 5.73. The lowest BCUT2D eigenvalue weighted by Gasteiger charge is -2.33. The second-order valence-corrected chi connectivity index (χ2v) is 5.72. The van der Waals surface area contributed by atoms with E-state index >= 15 is 0 Å². The van der Waals surface area contributed by atoms with E-state index in [0.717, 1.165) is 32.5 Å². The molecule has 15 heavy (non-hydrogen) atoms. The highest BCUT2D eigenvalue weighted by atomic mass is 16.2.